The Morgan fingerprint density at radius 3 is 2.77 bits per heavy atom. The number of nitrogens with one attached hydrogen (secondary N) is 2. The van der Waals surface area contributed by atoms with Crippen LogP contribution < -0.4 is 16.4 Å². The largest absolute Gasteiger partial charge is 0.465 e. The fourth-order valence-electron chi connectivity index (χ4n) is 5.49. The summed E-state index contributed by atoms with van der Waals surface area (Å²) in [6.45, 7) is 3.79. The van der Waals surface area contributed by atoms with Crippen LogP contribution in [0.15, 0.2) is 35.3 Å². The predicted molar refractivity (Wildman–Crippen MR) is 150 cm³/mol. The molecular formula is C28H30N6O5S. The van der Waals surface area contributed by atoms with Gasteiger partial charge in [0.15, 0.2) is 0 Å². The van der Waals surface area contributed by atoms with Crippen molar-refractivity contribution in [3.8, 4) is 0 Å². The second-order valence-electron chi connectivity index (χ2n) is 9.96. The first-order valence-corrected chi connectivity index (χ1v) is 14.2. The summed E-state index contributed by atoms with van der Waals surface area (Å²) in [6.07, 6.45) is 5.22. The number of carbonyl (C=O) groups excluding carboxylic acids is 2. The highest BCUT2D eigenvalue weighted by atomic mass is 32.1. The number of aromatic nitrogens is 3. The number of ether oxygens (including phenoxy) is 2. The van der Waals surface area contributed by atoms with Gasteiger partial charge < -0.3 is 19.4 Å². The van der Waals surface area contributed by atoms with E-state index in [1.165, 1.54) is 28.9 Å². The number of pyridine rings is 2. The van der Waals surface area contributed by atoms with Crippen molar-refractivity contribution >= 4 is 44.9 Å². The predicted octanol–water partition coefficient (Wildman–Crippen LogP) is 2.44. The number of morpholine rings is 1. The van der Waals surface area contributed by atoms with Gasteiger partial charge in [-0.05, 0) is 49.4 Å². The summed E-state index contributed by atoms with van der Waals surface area (Å²) in [6, 6.07) is 6.73. The van der Waals surface area contributed by atoms with Gasteiger partial charge in [-0.15, -0.1) is 11.3 Å². The topological polar surface area (TPSA) is 131 Å². The van der Waals surface area contributed by atoms with Crippen LogP contribution in [0.2, 0.25) is 0 Å². The molecule has 0 unspecified atom stereocenters. The van der Waals surface area contributed by atoms with Crippen LogP contribution in [0, 0.1) is 5.41 Å². The third-order valence-corrected chi connectivity index (χ3v) is 8.80. The highest BCUT2D eigenvalue weighted by molar-refractivity contribution is 7.17. The highest BCUT2D eigenvalue weighted by Crippen LogP contribution is 2.38. The molecule has 0 bridgehead atoms. The van der Waals surface area contributed by atoms with Crippen LogP contribution in [-0.4, -0.2) is 70.7 Å². The Morgan fingerprint density at radius 2 is 1.98 bits per heavy atom. The van der Waals surface area contributed by atoms with E-state index in [0.29, 0.717) is 48.2 Å². The molecule has 4 aromatic heterocycles. The molecule has 2 aliphatic rings. The van der Waals surface area contributed by atoms with E-state index in [2.05, 4.69) is 10.2 Å². The molecule has 1 aliphatic carbocycles. The number of nitrogens with zero attached hydrogens (tertiary/aromatic N) is 4. The van der Waals surface area contributed by atoms with Crippen LogP contribution in [0.25, 0.3) is 16.7 Å². The molecule has 208 valence electrons. The number of methoxy groups -OCH3 is 1. The summed E-state index contributed by atoms with van der Waals surface area (Å²) in [5.41, 5.74) is 1.79. The lowest BCUT2D eigenvalue weighted by Crippen LogP contribution is -2.40. The Kier molecular flexibility index (Phi) is 7.22. The summed E-state index contributed by atoms with van der Waals surface area (Å²) < 4.78 is 13.6. The summed E-state index contributed by atoms with van der Waals surface area (Å²) in [5.74, 6) is -1.05. The maximum Gasteiger partial charge on any atom is 0.341 e. The number of esters is 1. The van der Waals surface area contributed by atoms with Crippen molar-refractivity contribution in [2.45, 2.75) is 32.2 Å². The number of aryl methyl sites for hydroxylation is 1. The van der Waals surface area contributed by atoms with Crippen molar-refractivity contribution < 1.29 is 19.1 Å². The Morgan fingerprint density at radius 1 is 1.18 bits per heavy atom. The second-order valence-corrected chi connectivity index (χ2v) is 11.1. The minimum absolute atomic E-state index is 0.0337. The SMILES string of the molecule is COC(=O)c1c(NC(=O)c2cc3c(=O)n4ccccc4nc3n(CCN3CCOCC3)c2=N)sc2c1CCCC2. The van der Waals surface area contributed by atoms with Gasteiger partial charge in [-0.2, -0.15) is 0 Å². The lowest BCUT2D eigenvalue weighted by molar-refractivity contribution is 0.0363. The molecule has 1 fully saturated rings. The molecule has 1 saturated heterocycles. The Labute approximate surface area is 233 Å². The first-order chi connectivity index (χ1) is 19.5. The van der Waals surface area contributed by atoms with Gasteiger partial charge in [0.2, 0.25) is 0 Å². The number of amides is 1. The number of carbonyl (C=O) groups is 2. The van der Waals surface area contributed by atoms with Crippen LogP contribution in [0.5, 0.6) is 0 Å². The molecule has 0 saturated carbocycles. The maximum absolute atomic E-state index is 13.7. The van der Waals surface area contributed by atoms with Crippen molar-refractivity contribution in [2.24, 2.45) is 0 Å². The number of thiophene rings is 1. The number of rotatable bonds is 6. The van der Waals surface area contributed by atoms with Gasteiger partial charge in [0, 0.05) is 37.3 Å². The molecule has 4 aromatic rings. The van der Waals surface area contributed by atoms with Gasteiger partial charge in [0.1, 0.15) is 21.8 Å². The highest BCUT2D eigenvalue weighted by Gasteiger charge is 2.28. The zero-order chi connectivity index (χ0) is 27.8. The first kappa shape index (κ1) is 26.4. The zero-order valence-corrected chi connectivity index (χ0v) is 23.0. The van der Waals surface area contributed by atoms with Crippen LogP contribution in [0.4, 0.5) is 5.00 Å². The maximum atomic E-state index is 13.7. The van der Waals surface area contributed by atoms with Crippen molar-refractivity contribution in [3.05, 3.63) is 67.9 Å². The van der Waals surface area contributed by atoms with Crippen LogP contribution in [-0.2, 0) is 28.9 Å². The monoisotopic (exact) mass is 562 g/mol. The van der Waals surface area contributed by atoms with E-state index in [-0.39, 0.29) is 22.0 Å². The average molecular weight is 563 g/mol. The van der Waals surface area contributed by atoms with E-state index in [4.69, 9.17) is 19.9 Å². The average Bonchev–Trinajstić information content (AvgIpc) is 3.34. The van der Waals surface area contributed by atoms with Gasteiger partial charge in [-0.3, -0.25) is 24.3 Å². The lowest BCUT2D eigenvalue weighted by Gasteiger charge is -2.27. The molecule has 6 rings (SSSR count). The minimum Gasteiger partial charge on any atom is -0.465 e. The van der Waals surface area contributed by atoms with Crippen molar-refractivity contribution in [2.75, 3.05) is 45.3 Å². The molecule has 0 radical (unpaired) electrons. The van der Waals surface area contributed by atoms with Crippen LogP contribution in [0.3, 0.4) is 0 Å². The summed E-state index contributed by atoms with van der Waals surface area (Å²) in [4.78, 5) is 48.0. The van der Waals surface area contributed by atoms with Crippen molar-refractivity contribution in [3.63, 3.8) is 0 Å². The van der Waals surface area contributed by atoms with Crippen LogP contribution in [0.1, 0.15) is 44.0 Å². The Hall–Kier alpha value is -3.87. The molecule has 1 amide bonds. The molecule has 2 N–H and O–H groups in total. The molecule has 0 atom stereocenters. The van der Waals surface area contributed by atoms with Gasteiger partial charge in [0.05, 0.1) is 36.8 Å². The minimum atomic E-state index is -0.562. The smallest absolute Gasteiger partial charge is 0.341 e. The van der Waals surface area contributed by atoms with E-state index in [1.807, 2.05) is 0 Å². The van der Waals surface area contributed by atoms with Gasteiger partial charge in [0.25, 0.3) is 11.5 Å². The van der Waals surface area contributed by atoms with Gasteiger partial charge in [-0.25, -0.2) is 9.78 Å². The molecular weight excluding hydrogens is 532 g/mol. The lowest BCUT2D eigenvalue weighted by atomic mass is 9.95. The molecule has 5 heterocycles. The summed E-state index contributed by atoms with van der Waals surface area (Å²) >= 11 is 1.38. The van der Waals surface area contributed by atoms with E-state index in [0.717, 1.165) is 49.2 Å². The van der Waals surface area contributed by atoms with Gasteiger partial charge >= 0.3 is 5.97 Å². The quantitative estimate of drug-likeness (QED) is 0.273. The standard InChI is InChI=1S/C28H30N6O5S/c1-38-28(37)22-17-6-2-3-7-20(17)40-26(22)31-25(35)18-16-19-24(30-21-8-4-5-9-33(21)27(19)36)34(23(18)29)11-10-32-12-14-39-15-13-32/h4-5,8-9,16,29H,2-3,6-7,10-15H2,1H3,(H,31,35). The molecule has 0 aromatic carbocycles. The molecule has 12 heteroatoms. The number of hydrogen-bond donors (Lipinski definition) is 2. The summed E-state index contributed by atoms with van der Waals surface area (Å²) in [5, 5.41) is 12.6. The van der Waals surface area contributed by atoms with E-state index < -0.39 is 11.9 Å². The second kappa shape index (κ2) is 11.0. The molecule has 0 spiro atoms. The van der Waals surface area contributed by atoms with Gasteiger partial charge in [-0.1, -0.05) is 6.07 Å². The normalized spacial score (nSPS) is 15.7. The van der Waals surface area contributed by atoms with Crippen molar-refractivity contribution in [1.29, 1.82) is 5.41 Å². The Bertz CT molecular complexity index is 1750. The van der Waals surface area contributed by atoms with Crippen molar-refractivity contribution in [1.82, 2.24) is 18.9 Å². The number of fused-ring (bicyclic) bond motifs is 3. The number of hydrogen-bond acceptors (Lipinski definition) is 9. The van der Waals surface area contributed by atoms with E-state index in [1.54, 1.807) is 29.0 Å². The molecule has 40 heavy (non-hydrogen) atoms. The number of anilines is 1. The molecule has 11 nitrogen and oxygen atoms in total. The Balaban J connectivity index is 1.45. The van der Waals surface area contributed by atoms with E-state index >= 15 is 0 Å². The zero-order valence-electron chi connectivity index (χ0n) is 22.2. The fraction of sp³-hybridized carbons (Fsp3) is 0.393. The fourth-order valence-corrected chi connectivity index (χ4v) is 6.76. The van der Waals surface area contributed by atoms with Crippen LogP contribution >= 0.6 is 11.3 Å². The first-order valence-electron chi connectivity index (χ1n) is 13.4. The third-order valence-electron chi connectivity index (χ3n) is 7.59. The molecule has 1 aliphatic heterocycles. The third kappa shape index (κ3) is 4.72. The summed E-state index contributed by atoms with van der Waals surface area (Å²) in [7, 11) is 1.33. The van der Waals surface area contributed by atoms with E-state index in [9.17, 15) is 14.4 Å².